The molecule has 0 atom stereocenters. The number of rotatable bonds is 4. The lowest BCUT2D eigenvalue weighted by molar-refractivity contribution is -0.0192. The van der Waals surface area contributed by atoms with Crippen LogP contribution in [-0.4, -0.2) is 73.4 Å². The molecule has 11 heteroatoms. The molecule has 228 valence electrons. The molecule has 2 aliphatic heterocycles. The van der Waals surface area contributed by atoms with Crippen LogP contribution in [0.1, 0.15) is 51.4 Å². The minimum absolute atomic E-state index is 0.148. The number of pyridine rings is 1. The second-order valence-corrected chi connectivity index (χ2v) is 15.6. The van der Waals surface area contributed by atoms with E-state index in [9.17, 15) is 23.6 Å². The summed E-state index contributed by atoms with van der Waals surface area (Å²) >= 11 is 0. The van der Waals surface area contributed by atoms with Crippen LogP contribution in [0, 0.1) is 34.5 Å². The number of fused-ring (bicyclic) bond motifs is 1. The lowest BCUT2D eigenvalue weighted by Crippen LogP contribution is -2.49. The summed E-state index contributed by atoms with van der Waals surface area (Å²) in [4.78, 5) is 21.7. The molecule has 0 unspecified atom stereocenters. The van der Waals surface area contributed by atoms with Crippen LogP contribution >= 0.6 is 0 Å². The van der Waals surface area contributed by atoms with Gasteiger partial charge in [-0.3, -0.25) is 4.90 Å². The number of hydrogen-bond acceptors (Lipinski definition) is 7. The van der Waals surface area contributed by atoms with E-state index < -0.39 is 16.1 Å². The van der Waals surface area contributed by atoms with Gasteiger partial charge in [0.25, 0.3) is 0 Å². The van der Waals surface area contributed by atoms with E-state index in [1.54, 1.807) is 10.4 Å². The zero-order valence-corrected chi connectivity index (χ0v) is 25.3. The van der Waals surface area contributed by atoms with Crippen LogP contribution in [-0.2, 0) is 10.0 Å². The normalized spacial score (nSPS) is 29.8. The van der Waals surface area contributed by atoms with Crippen molar-refractivity contribution in [2.45, 2.75) is 56.6 Å². The summed E-state index contributed by atoms with van der Waals surface area (Å²) < 4.78 is 26.5. The molecule has 9 rings (SSSR count). The number of aromatic nitrogens is 1. The van der Waals surface area contributed by atoms with Gasteiger partial charge in [0.15, 0.2) is 0 Å². The summed E-state index contributed by atoms with van der Waals surface area (Å²) in [6, 6.07) is 14.0. The number of anilines is 4. The van der Waals surface area contributed by atoms with Crippen LogP contribution in [0.25, 0.3) is 0 Å². The molecule has 1 saturated heterocycles. The van der Waals surface area contributed by atoms with Crippen LogP contribution < -0.4 is 14.7 Å². The van der Waals surface area contributed by atoms with Gasteiger partial charge in [-0.25, -0.2) is 18.2 Å². The summed E-state index contributed by atoms with van der Waals surface area (Å²) in [5.41, 5.74) is 2.58. The van der Waals surface area contributed by atoms with Crippen molar-refractivity contribution in [3.05, 3.63) is 42.6 Å². The van der Waals surface area contributed by atoms with Gasteiger partial charge in [-0.1, -0.05) is 12.1 Å². The largest absolute Gasteiger partial charge is 0.465 e. The third-order valence-electron chi connectivity index (χ3n) is 10.4. The third-order valence-corrected chi connectivity index (χ3v) is 12.8. The van der Waals surface area contributed by atoms with E-state index in [1.807, 2.05) is 41.4 Å². The maximum absolute atomic E-state index is 12.4. The molecule has 5 saturated carbocycles. The van der Waals surface area contributed by atoms with Gasteiger partial charge in [0, 0.05) is 39.3 Å². The monoisotopic (exact) mass is 604 g/mol. The number of benzene rings is 1. The molecule has 5 aliphatic carbocycles. The van der Waals surface area contributed by atoms with Gasteiger partial charge in [0.05, 0.1) is 40.0 Å². The minimum Gasteiger partial charge on any atom is -0.465 e. The highest BCUT2D eigenvalue weighted by atomic mass is 32.2. The fourth-order valence-electron chi connectivity index (χ4n) is 8.55. The van der Waals surface area contributed by atoms with Crippen molar-refractivity contribution in [1.82, 2.24) is 9.29 Å². The van der Waals surface area contributed by atoms with E-state index in [4.69, 9.17) is 0 Å². The first-order valence-electron chi connectivity index (χ1n) is 15.7. The first kappa shape index (κ1) is 28.4. The summed E-state index contributed by atoms with van der Waals surface area (Å²) in [6.45, 7) is 3.19. The topological polar surface area (TPSA) is 121 Å². The van der Waals surface area contributed by atoms with Gasteiger partial charge < -0.3 is 14.9 Å². The average molecular weight is 605 g/mol. The van der Waals surface area contributed by atoms with Crippen LogP contribution in [0.5, 0.6) is 0 Å². The average Bonchev–Trinajstić information content (AvgIpc) is 3.87. The Bertz CT molecular complexity index is 1480. The van der Waals surface area contributed by atoms with Crippen LogP contribution in [0.15, 0.2) is 42.6 Å². The highest BCUT2D eigenvalue weighted by molar-refractivity contribution is 7.90. The maximum atomic E-state index is 12.4. The Kier molecular flexibility index (Phi) is 7.25. The number of sulfonamides is 1. The number of carboxylic acid groups (broad SMARTS) is 1. The van der Waals surface area contributed by atoms with E-state index in [1.165, 1.54) is 43.4 Å². The molecule has 0 spiro atoms. The van der Waals surface area contributed by atoms with E-state index in [-0.39, 0.29) is 10.7 Å². The number of nitrogens with zero attached hydrogens (tertiary/aromatic N) is 6. The van der Waals surface area contributed by atoms with Gasteiger partial charge in [0.2, 0.25) is 10.0 Å². The van der Waals surface area contributed by atoms with E-state index in [0.717, 1.165) is 47.8 Å². The summed E-state index contributed by atoms with van der Waals surface area (Å²) in [6.07, 6.45) is 10.5. The second-order valence-electron chi connectivity index (χ2n) is 13.4. The third kappa shape index (κ3) is 5.44. The molecule has 2 aromatic rings. The van der Waals surface area contributed by atoms with Gasteiger partial charge in [0.1, 0.15) is 5.82 Å². The van der Waals surface area contributed by atoms with E-state index in [0.29, 0.717) is 45.0 Å². The molecular weight excluding hydrogens is 564 g/mol. The van der Waals surface area contributed by atoms with E-state index >= 15 is 0 Å². The van der Waals surface area contributed by atoms with Crippen LogP contribution in [0.3, 0.4) is 0 Å². The lowest BCUT2D eigenvalue weighted by atomic mass is 9.50. The Balaban J connectivity index is 0.000000206. The van der Waals surface area contributed by atoms with Crippen molar-refractivity contribution < 1.29 is 18.3 Å². The van der Waals surface area contributed by atoms with Crippen LogP contribution in [0.2, 0.25) is 0 Å². The molecule has 0 radical (unpaired) electrons. The first-order valence-corrected chi connectivity index (χ1v) is 17.2. The second kappa shape index (κ2) is 11.0. The molecule has 1 aromatic carbocycles. The highest BCUT2D eigenvalue weighted by Crippen LogP contribution is 2.59. The zero-order chi connectivity index (χ0) is 29.8. The molecular formula is C32H40N6O4S. The van der Waals surface area contributed by atoms with Gasteiger partial charge in [-0.05, 0) is 93.4 Å². The molecule has 4 bridgehead atoms. The molecule has 1 N–H and O–H groups in total. The quantitative estimate of drug-likeness (QED) is 0.514. The van der Waals surface area contributed by atoms with Crippen molar-refractivity contribution in [3.63, 3.8) is 0 Å². The van der Waals surface area contributed by atoms with Crippen molar-refractivity contribution in [3.8, 4) is 6.07 Å². The van der Waals surface area contributed by atoms with E-state index in [2.05, 4.69) is 16.0 Å². The number of para-hydroxylation sites is 2. The van der Waals surface area contributed by atoms with Gasteiger partial charge in [-0.15, -0.1) is 0 Å². The fourth-order valence-corrected chi connectivity index (χ4v) is 10.4. The molecule has 43 heavy (non-hydrogen) atoms. The number of piperazine rings is 1. The molecule has 1 aromatic heterocycles. The molecule has 3 heterocycles. The molecule has 6 fully saturated rings. The zero-order valence-electron chi connectivity index (χ0n) is 24.5. The summed E-state index contributed by atoms with van der Waals surface area (Å²) in [5, 5.41) is 18.5. The predicted molar refractivity (Wildman–Crippen MR) is 165 cm³/mol. The van der Waals surface area contributed by atoms with Crippen molar-refractivity contribution in [2.75, 3.05) is 54.0 Å². The van der Waals surface area contributed by atoms with Crippen molar-refractivity contribution >= 4 is 39.0 Å². The Hall–Kier alpha value is -3.36. The first-order chi connectivity index (χ1) is 20.7. The van der Waals surface area contributed by atoms with Crippen LogP contribution in [0.4, 0.5) is 27.7 Å². The molecule has 1 amide bonds. The van der Waals surface area contributed by atoms with Gasteiger partial charge >= 0.3 is 6.09 Å². The lowest BCUT2D eigenvalue weighted by Gasteiger charge is -2.53. The number of amides is 1. The Labute approximate surface area is 253 Å². The number of hydrogen-bond donors (Lipinski definition) is 1. The smallest absolute Gasteiger partial charge is 0.411 e. The highest BCUT2D eigenvalue weighted by Gasteiger charge is 2.51. The SMILES string of the molecule is N#CC12CC3CC(CC(C3)C1)C2.O=C(O)N1CCN(c2ccc(N3CCN(S(=O)(=O)C4CC4)CC3)cn2)c2ccccc21. The Morgan fingerprint density at radius 3 is 2.05 bits per heavy atom. The number of nitriles is 1. The van der Waals surface area contributed by atoms with Crippen molar-refractivity contribution in [2.24, 2.45) is 23.2 Å². The minimum atomic E-state index is -3.12. The van der Waals surface area contributed by atoms with Gasteiger partial charge in [-0.2, -0.15) is 9.57 Å². The fraction of sp³-hybridized carbons (Fsp3) is 0.594. The Morgan fingerprint density at radius 1 is 0.884 bits per heavy atom. The summed E-state index contributed by atoms with van der Waals surface area (Å²) in [5.74, 6) is 3.54. The molecule has 7 aliphatic rings. The Morgan fingerprint density at radius 2 is 1.51 bits per heavy atom. The predicted octanol–water partition coefficient (Wildman–Crippen LogP) is 5.06. The summed E-state index contributed by atoms with van der Waals surface area (Å²) in [7, 11) is -3.12. The standard InChI is InChI=1S/C21H25N5O4S.C11H15N/c27-21(28)26-14-13-25(18-3-1-2-4-19(18)26)20-8-5-16(15-22-20)23-9-11-24(12-10-23)31(29,30)17-6-7-17;12-7-11-4-8-1-9(5-11)3-10(2-8)6-11/h1-5,8,15,17H,6-7,9-14H2,(H,27,28);8-10H,1-6H2. The number of carbonyl (C=O) groups is 1. The molecule has 10 nitrogen and oxygen atoms in total. The maximum Gasteiger partial charge on any atom is 0.411 e. The van der Waals surface area contributed by atoms with Crippen molar-refractivity contribution in [1.29, 1.82) is 5.26 Å².